The van der Waals surface area contributed by atoms with E-state index in [1.165, 1.54) is 6.07 Å². The predicted octanol–water partition coefficient (Wildman–Crippen LogP) is 3.90. The first-order chi connectivity index (χ1) is 11.5. The number of nitro benzene ring substituents is 1. The van der Waals surface area contributed by atoms with Gasteiger partial charge in [0, 0.05) is 18.2 Å². The van der Waals surface area contributed by atoms with Gasteiger partial charge in [-0.25, -0.2) is 0 Å². The van der Waals surface area contributed by atoms with Crippen molar-refractivity contribution in [2.24, 2.45) is 0 Å². The number of nitrogens with zero attached hydrogens (tertiary/aromatic N) is 4. The van der Waals surface area contributed by atoms with Gasteiger partial charge in [-0.05, 0) is 31.0 Å². The molecular weight excluding hydrogens is 328 g/mol. The Morgan fingerprint density at radius 1 is 1.38 bits per heavy atom. The highest BCUT2D eigenvalue weighted by molar-refractivity contribution is 7.13. The summed E-state index contributed by atoms with van der Waals surface area (Å²) in [5, 5.41) is 16.9. The van der Waals surface area contributed by atoms with Gasteiger partial charge >= 0.3 is 0 Å². The molecule has 1 aromatic carbocycles. The molecule has 0 N–H and O–H groups in total. The van der Waals surface area contributed by atoms with Crippen molar-refractivity contribution < 1.29 is 9.45 Å². The Hall–Kier alpha value is -2.58. The van der Waals surface area contributed by atoms with Gasteiger partial charge < -0.3 is 4.52 Å². The smallest absolute Gasteiger partial charge is 0.269 e. The summed E-state index contributed by atoms with van der Waals surface area (Å²) in [6, 6.07) is 10.5. The molecule has 124 valence electrons. The molecule has 1 unspecified atom stereocenters. The second-order valence-corrected chi connectivity index (χ2v) is 6.38. The van der Waals surface area contributed by atoms with Gasteiger partial charge in [0.15, 0.2) is 0 Å². The van der Waals surface area contributed by atoms with Gasteiger partial charge in [-0.3, -0.25) is 15.0 Å². The zero-order valence-electron chi connectivity index (χ0n) is 13.2. The van der Waals surface area contributed by atoms with E-state index in [0.29, 0.717) is 18.3 Å². The lowest BCUT2D eigenvalue weighted by atomic mass is 10.1. The van der Waals surface area contributed by atoms with Gasteiger partial charge in [-0.2, -0.15) is 4.98 Å². The molecule has 0 fully saturated rings. The van der Waals surface area contributed by atoms with Crippen LogP contribution in [-0.2, 0) is 6.54 Å². The van der Waals surface area contributed by atoms with Crippen molar-refractivity contribution in [3.8, 4) is 10.7 Å². The van der Waals surface area contributed by atoms with Crippen LogP contribution >= 0.6 is 11.3 Å². The van der Waals surface area contributed by atoms with Crippen molar-refractivity contribution in [1.82, 2.24) is 15.0 Å². The van der Waals surface area contributed by atoms with Crippen LogP contribution in [0.2, 0.25) is 0 Å². The third-order valence-electron chi connectivity index (χ3n) is 3.82. The summed E-state index contributed by atoms with van der Waals surface area (Å²) < 4.78 is 5.30. The van der Waals surface area contributed by atoms with Crippen LogP contribution in [-0.4, -0.2) is 27.0 Å². The third-order valence-corrected chi connectivity index (χ3v) is 4.68. The molecule has 0 aliphatic heterocycles. The maximum Gasteiger partial charge on any atom is 0.269 e. The lowest BCUT2D eigenvalue weighted by Gasteiger charge is -2.23. The first-order valence-electron chi connectivity index (χ1n) is 7.35. The van der Waals surface area contributed by atoms with E-state index in [0.717, 1.165) is 10.4 Å². The molecule has 0 saturated carbocycles. The topological polar surface area (TPSA) is 85.3 Å². The monoisotopic (exact) mass is 344 g/mol. The van der Waals surface area contributed by atoms with Gasteiger partial charge in [0.2, 0.25) is 11.7 Å². The van der Waals surface area contributed by atoms with E-state index in [4.69, 9.17) is 4.52 Å². The maximum atomic E-state index is 10.9. The van der Waals surface area contributed by atoms with Crippen molar-refractivity contribution in [3.63, 3.8) is 0 Å². The minimum absolute atomic E-state index is 0.0259. The molecule has 1 atom stereocenters. The Morgan fingerprint density at radius 3 is 2.92 bits per heavy atom. The van der Waals surface area contributed by atoms with Gasteiger partial charge in [-0.1, -0.05) is 23.4 Å². The fourth-order valence-electron chi connectivity index (χ4n) is 2.33. The fraction of sp³-hybridized carbons (Fsp3) is 0.250. The number of nitro groups is 1. The van der Waals surface area contributed by atoms with E-state index in [2.05, 4.69) is 10.1 Å². The van der Waals surface area contributed by atoms with Gasteiger partial charge in [0.05, 0.1) is 16.3 Å². The largest absolute Gasteiger partial charge is 0.338 e. The summed E-state index contributed by atoms with van der Waals surface area (Å²) in [5.41, 5.74) is 0.954. The summed E-state index contributed by atoms with van der Waals surface area (Å²) >= 11 is 1.55. The molecule has 0 spiro atoms. The summed E-state index contributed by atoms with van der Waals surface area (Å²) in [6.45, 7) is 2.44. The number of aromatic nitrogens is 2. The Balaban J connectivity index is 1.71. The number of rotatable bonds is 6. The number of hydrogen-bond donors (Lipinski definition) is 0. The van der Waals surface area contributed by atoms with Crippen molar-refractivity contribution in [3.05, 3.63) is 63.3 Å². The van der Waals surface area contributed by atoms with Crippen molar-refractivity contribution >= 4 is 17.0 Å². The third kappa shape index (κ3) is 3.50. The summed E-state index contributed by atoms with van der Waals surface area (Å²) in [5.74, 6) is 1.09. The standard InChI is InChI=1S/C16H16N4O3S/c1-11(12-5-3-6-13(9-12)20(21)22)19(2)10-15-17-16(18-23-15)14-7-4-8-24-14/h3-9,11H,10H2,1-2H3. The molecule has 3 aromatic rings. The average Bonchev–Trinajstić information content (AvgIpc) is 3.25. The maximum absolute atomic E-state index is 10.9. The molecule has 2 aromatic heterocycles. The highest BCUT2D eigenvalue weighted by Gasteiger charge is 2.18. The molecule has 0 saturated heterocycles. The molecular formula is C16H16N4O3S. The second kappa shape index (κ2) is 6.90. The normalized spacial score (nSPS) is 12.5. The molecule has 2 heterocycles. The van der Waals surface area contributed by atoms with E-state index in [1.54, 1.807) is 23.5 Å². The Morgan fingerprint density at radius 2 is 2.21 bits per heavy atom. The molecule has 3 rings (SSSR count). The van der Waals surface area contributed by atoms with Crippen LogP contribution in [0.1, 0.15) is 24.4 Å². The molecule has 0 aliphatic carbocycles. The van der Waals surface area contributed by atoms with E-state index in [-0.39, 0.29) is 16.7 Å². The van der Waals surface area contributed by atoms with Crippen LogP contribution in [0.15, 0.2) is 46.3 Å². The van der Waals surface area contributed by atoms with Crippen LogP contribution < -0.4 is 0 Å². The molecule has 8 heteroatoms. The highest BCUT2D eigenvalue weighted by atomic mass is 32.1. The predicted molar refractivity (Wildman–Crippen MR) is 90.6 cm³/mol. The van der Waals surface area contributed by atoms with Crippen LogP contribution in [0.4, 0.5) is 5.69 Å². The number of benzene rings is 1. The zero-order chi connectivity index (χ0) is 17.1. The van der Waals surface area contributed by atoms with Crippen molar-refractivity contribution in [1.29, 1.82) is 0 Å². The van der Waals surface area contributed by atoms with Crippen LogP contribution in [0, 0.1) is 10.1 Å². The second-order valence-electron chi connectivity index (χ2n) is 5.43. The van der Waals surface area contributed by atoms with Gasteiger partial charge in [0.25, 0.3) is 5.69 Å². The first kappa shape index (κ1) is 16.3. The molecule has 0 radical (unpaired) electrons. The first-order valence-corrected chi connectivity index (χ1v) is 8.23. The molecule has 0 aliphatic rings. The molecule has 24 heavy (non-hydrogen) atoms. The summed E-state index contributed by atoms with van der Waals surface area (Å²) in [6.07, 6.45) is 0. The van der Waals surface area contributed by atoms with Crippen LogP contribution in [0.3, 0.4) is 0 Å². The number of hydrogen-bond acceptors (Lipinski definition) is 7. The molecule has 7 nitrogen and oxygen atoms in total. The Kier molecular flexibility index (Phi) is 4.68. The molecule has 0 amide bonds. The summed E-state index contributed by atoms with van der Waals surface area (Å²) in [4.78, 5) is 17.9. The minimum Gasteiger partial charge on any atom is -0.338 e. The lowest BCUT2D eigenvalue weighted by molar-refractivity contribution is -0.384. The fourth-order valence-corrected chi connectivity index (χ4v) is 2.98. The van der Waals surface area contributed by atoms with Crippen LogP contribution in [0.25, 0.3) is 10.7 Å². The van der Waals surface area contributed by atoms with Crippen molar-refractivity contribution in [2.75, 3.05) is 7.05 Å². The van der Waals surface area contributed by atoms with E-state index in [9.17, 15) is 10.1 Å². The van der Waals surface area contributed by atoms with Gasteiger partial charge in [-0.15, -0.1) is 11.3 Å². The zero-order valence-corrected chi connectivity index (χ0v) is 14.1. The van der Waals surface area contributed by atoms with E-state index < -0.39 is 0 Å². The van der Waals surface area contributed by atoms with Crippen molar-refractivity contribution in [2.45, 2.75) is 19.5 Å². The summed E-state index contributed by atoms with van der Waals surface area (Å²) in [7, 11) is 1.92. The number of thiophene rings is 1. The Labute approximate surface area is 142 Å². The molecule has 0 bridgehead atoms. The van der Waals surface area contributed by atoms with Gasteiger partial charge in [0.1, 0.15) is 0 Å². The van der Waals surface area contributed by atoms with E-state index in [1.807, 2.05) is 42.5 Å². The highest BCUT2D eigenvalue weighted by Crippen LogP contribution is 2.25. The quantitative estimate of drug-likeness (QED) is 0.498. The lowest BCUT2D eigenvalue weighted by Crippen LogP contribution is -2.22. The number of non-ortho nitro benzene ring substituents is 1. The average molecular weight is 344 g/mol. The van der Waals surface area contributed by atoms with E-state index >= 15 is 0 Å². The Bertz CT molecular complexity index is 831. The SMILES string of the molecule is CC(c1cccc([N+](=O)[O-])c1)N(C)Cc1nc(-c2cccs2)no1. The van der Waals surface area contributed by atoms with Crippen LogP contribution in [0.5, 0.6) is 0 Å². The minimum atomic E-state index is -0.387.